The maximum Gasteiger partial charge on any atom is 0.200 e. The number of hydrogen-bond acceptors (Lipinski definition) is 5. The number of thiophene rings is 2. The van der Waals surface area contributed by atoms with Crippen LogP contribution < -0.4 is 10.3 Å². The number of hydrogen-bond donors (Lipinski definition) is 0. The first-order valence-corrected chi connectivity index (χ1v) is 24.2. The zero-order chi connectivity index (χ0) is 44.2. The minimum atomic E-state index is -0.643. The Kier molecular flexibility index (Phi) is 8.39. The van der Waals surface area contributed by atoms with Gasteiger partial charge in [-0.2, -0.15) is 0 Å². The second-order valence-electron chi connectivity index (χ2n) is 17.5. The molecule has 0 bridgehead atoms. The van der Waals surface area contributed by atoms with Gasteiger partial charge in [0, 0.05) is 36.6 Å². The van der Waals surface area contributed by atoms with E-state index in [1.165, 1.54) is 73.7 Å². The summed E-state index contributed by atoms with van der Waals surface area (Å²) < 4.78 is 11.4. The molecule has 0 aliphatic heterocycles. The molecule has 0 unspecified atom stereocenters. The molecule has 13 aromatic rings. The van der Waals surface area contributed by atoms with E-state index in [9.17, 15) is 4.79 Å². The van der Waals surface area contributed by atoms with Gasteiger partial charge in [-0.3, -0.25) is 4.79 Å². The van der Waals surface area contributed by atoms with Crippen molar-refractivity contribution < 1.29 is 4.42 Å². The van der Waals surface area contributed by atoms with E-state index in [2.05, 4.69) is 193 Å². The van der Waals surface area contributed by atoms with E-state index in [0.717, 1.165) is 28.2 Å². The molecule has 1 aliphatic carbocycles. The summed E-state index contributed by atoms with van der Waals surface area (Å²) >= 11 is 3.73. The average Bonchev–Trinajstić information content (AvgIpc) is 4.06. The molecule has 0 N–H and O–H groups in total. The highest BCUT2D eigenvalue weighted by atomic mass is 32.1. The van der Waals surface area contributed by atoms with Gasteiger partial charge in [0.15, 0.2) is 0 Å². The van der Waals surface area contributed by atoms with Crippen molar-refractivity contribution in [2.75, 3.05) is 4.90 Å². The van der Waals surface area contributed by atoms with E-state index in [1.54, 1.807) is 0 Å². The quantitative estimate of drug-likeness (QED) is 0.156. The van der Waals surface area contributed by atoms with Crippen molar-refractivity contribution in [3.05, 3.63) is 257 Å². The van der Waals surface area contributed by atoms with Crippen LogP contribution in [0, 0.1) is 0 Å². The topological polar surface area (TPSA) is 33.5 Å². The number of rotatable bonds is 6. The summed E-state index contributed by atoms with van der Waals surface area (Å²) in [6.45, 7) is 0. The van der Waals surface area contributed by atoms with Gasteiger partial charge in [0.25, 0.3) is 0 Å². The second kappa shape index (κ2) is 14.7. The molecule has 0 atom stereocenters. The van der Waals surface area contributed by atoms with Crippen LogP contribution in [0.15, 0.2) is 234 Å². The largest absolute Gasteiger partial charge is 0.456 e. The number of fused-ring (bicyclic) bond motifs is 11. The van der Waals surface area contributed by atoms with E-state index < -0.39 is 5.41 Å². The fourth-order valence-corrected chi connectivity index (χ4v) is 13.4. The molecule has 0 saturated heterocycles. The molecule has 1 aliphatic rings. The molecule has 3 aromatic heterocycles. The lowest BCUT2D eigenvalue weighted by molar-refractivity contribution is 0.660. The van der Waals surface area contributed by atoms with E-state index in [-0.39, 0.29) is 5.43 Å². The summed E-state index contributed by atoms with van der Waals surface area (Å²) in [5.74, 6) is 0. The molecular formula is C62H37NO2S2. The standard InChI is InChI=1S/C62H37NO2S2/c64-59-48-21-7-10-26-55(48)65-56-36-39(29-32-49(56)59)38-30-34-51-50(35-38)43-33-31-42(37-52(43)62(51,40-15-3-1-4-16-40)41-17-5-2-6-18-41)63(53-24-13-22-46-44-19-8-11-27-57(44)66-60(46)53)54-25-14-23-47-45-20-9-12-28-58(45)67-61(47)54/h1-37H. The van der Waals surface area contributed by atoms with Gasteiger partial charge in [0.1, 0.15) is 11.2 Å². The van der Waals surface area contributed by atoms with Crippen molar-refractivity contribution in [2.24, 2.45) is 0 Å². The third kappa shape index (κ3) is 5.59. The summed E-state index contributed by atoms with van der Waals surface area (Å²) in [5, 5.41) is 6.25. The van der Waals surface area contributed by atoms with Crippen LogP contribution in [0.2, 0.25) is 0 Å². The highest BCUT2D eigenvalue weighted by Crippen LogP contribution is 2.59. The van der Waals surface area contributed by atoms with Gasteiger partial charge in [-0.05, 0) is 111 Å². The molecule has 14 rings (SSSR count). The maximum absolute atomic E-state index is 13.6. The normalized spacial score (nSPS) is 13.0. The minimum Gasteiger partial charge on any atom is -0.456 e. The van der Waals surface area contributed by atoms with Crippen LogP contribution in [0.5, 0.6) is 0 Å². The van der Waals surface area contributed by atoms with E-state index in [0.29, 0.717) is 21.9 Å². The lowest BCUT2D eigenvalue weighted by Gasteiger charge is -2.35. The van der Waals surface area contributed by atoms with Gasteiger partial charge in [0.05, 0.1) is 37.0 Å². The molecule has 0 spiro atoms. The van der Waals surface area contributed by atoms with Gasteiger partial charge < -0.3 is 9.32 Å². The fraction of sp³-hybridized carbons (Fsp3) is 0.0161. The van der Waals surface area contributed by atoms with E-state index in [1.807, 2.05) is 59.1 Å². The molecule has 3 heterocycles. The second-order valence-corrected chi connectivity index (χ2v) is 19.6. The Labute approximate surface area is 393 Å². The summed E-state index contributed by atoms with van der Waals surface area (Å²) in [5.41, 5.74) is 13.2. The Balaban J connectivity index is 1.05. The van der Waals surface area contributed by atoms with E-state index in [4.69, 9.17) is 4.42 Å². The zero-order valence-corrected chi connectivity index (χ0v) is 37.6. The number of para-hydroxylation sites is 1. The van der Waals surface area contributed by atoms with Crippen molar-refractivity contribution in [3.63, 3.8) is 0 Å². The van der Waals surface area contributed by atoms with Crippen LogP contribution >= 0.6 is 22.7 Å². The first kappa shape index (κ1) is 38.2. The first-order chi connectivity index (χ1) is 33.1. The summed E-state index contributed by atoms with van der Waals surface area (Å²) in [6, 6.07) is 80.7. The highest BCUT2D eigenvalue weighted by Gasteiger charge is 2.46. The molecule has 0 amide bonds. The third-order valence-corrected chi connectivity index (χ3v) is 16.4. The Morgan fingerprint density at radius 3 is 1.58 bits per heavy atom. The smallest absolute Gasteiger partial charge is 0.200 e. The Morgan fingerprint density at radius 2 is 0.925 bits per heavy atom. The predicted octanol–water partition coefficient (Wildman–Crippen LogP) is 17.2. The Bertz CT molecular complexity index is 4050. The van der Waals surface area contributed by atoms with Gasteiger partial charge in [-0.15, -0.1) is 22.7 Å². The molecule has 0 fully saturated rings. The predicted molar refractivity (Wildman–Crippen MR) is 283 cm³/mol. The molecule has 5 heteroatoms. The third-order valence-electron chi connectivity index (χ3n) is 14.0. The minimum absolute atomic E-state index is 0.0150. The molecule has 0 saturated carbocycles. The molecular weight excluding hydrogens is 855 g/mol. The van der Waals surface area contributed by atoms with Crippen molar-refractivity contribution in [1.29, 1.82) is 0 Å². The molecule has 67 heavy (non-hydrogen) atoms. The van der Waals surface area contributed by atoms with Crippen LogP contribution in [-0.4, -0.2) is 0 Å². The summed E-state index contributed by atoms with van der Waals surface area (Å²) in [7, 11) is 0. The zero-order valence-electron chi connectivity index (χ0n) is 35.9. The number of nitrogens with zero attached hydrogens (tertiary/aromatic N) is 1. The van der Waals surface area contributed by atoms with Gasteiger partial charge in [0.2, 0.25) is 5.43 Å². The van der Waals surface area contributed by atoms with Crippen LogP contribution in [0.3, 0.4) is 0 Å². The van der Waals surface area contributed by atoms with Crippen LogP contribution in [0.1, 0.15) is 22.3 Å². The number of anilines is 3. The monoisotopic (exact) mass is 891 g/mol. The van der Waals surface area contributed by atoms with Gasteiger partial charge in [-0.1, -0.05) is 158 Å². The average molecular weight is 892 g/mol. The maximum atomic E-state index is 13.6. The Hall–Kier alpha value is -8.09. The van der Waals surface area contributed by atoms with Gasteiger partial charge >= 0.3 is 0 Å². The summed E-state index contributed by atoms with van der Waals surface area (Å²) in [6.07, 6.45) is 0. The summed E-state index contributed by atoms with van der Waals surface area (Å²) in [4.78, 5) is 16.1. The van der Waals surface area contributed by atoms with Crippen molar-refractivity contribution >= 4 is 102 Å². The molecule has 3 nitrogen and oxygen atoms in total. The van der Waals surface area contributed by atoms with Crippen LogP contribution in [0.4, 0.5) is 17.1 Å². The highest BCUT2D eigenvalue weighted by molar-refractivity contribution is 7.27. The molecule has 314 valence electrons. The van der Waals surface area contributed by atoms with Gasteiger partial charge in [-0.25, -0.2) is 0 Å². The van der Waals surface area contributed by atoms with Crippen molar-refractivity contribution in [3.8, 4) is 22.3 Å². The van der Waals surface area contributed by atoms with Crippen molar-refractivity contribution in [2.45, 2.75) is 5.41 Å². The molecule has 10 aromatic carbocycles. The van der Waals surface area contributed by atoms with Crippen LogP contribution in [0.25, 0.3) is 84.5 Å². The molecule has 0 radical (unpaired) electrons. The lowest BCUT2D eigenvalue weighted by atomic mass is 9.67. The lowest BCUT2D eigenvalue weighted by Crippen LogP contribution is -2.28. The van der Waals surface area contributed by atoms with Crippen molar-refractivity contribution in [1.82, 2.24) is 0 Å². The fourth-order valence-electron chi connectivity index (χ4n) is 11.0. The number of benzene rings is 10. The SMILES string of the molecule is O=c1c2ccccc2oc2cc(-c3ccc4c(c3)-c3ccc(N(c5cccc6c5sc5ccccc56)c5cccc6c5sc5ccccc56)cc3C4(c3ccccc3)c3ccccc3)ccc12. The van der Waals surface area contributed by atoms with Crippen LogP contribution in [-0.2, 0) is 5.41 Å². The first-order valence-electron chi connectivity index (χ1n) is 22.6. The van der Waals surface area contributed by atoms with E-state index >= 15 is 0 Å². The Morgan fingerprint density at radius 1 is 0.388 bits per heavy atom.